The van der Waals surface area contributed by atoms with E-state index in [1.165, 1.54) is 21.3 Å². The van der Waals surface area contributed by atoms with Crippen LogP contribution in [0.1, 0.15) is 28.8 Å². The third-order valence-electron chi connectivity index (χ3n) is 3.90. The summed E-state index contributed by atoms with van der Waals surface area (Å²) in [7, 11) is 4.52. The average Bonchev–Trinajstić information content (AvgIpc) is 2.65. The molecule has 0 atom stereocenters. The van der Waals surface area contributed by atoms with Crippen LogP contribution in [0.3, 0.4) is 0 Å². The Hall–Kier alpha value is -3.02. The Labute approximate surface area is 153 Å². The number of anilines is 1. The van der Waals surface area contributed by atoms with Crippen LogP contribution in [0.4, 0.5) is 5.69 Å². The Morgan fingerprint density at radius 2 is 1.46 bits per heavy atom. The summed E-state index contributed by atoms with van der Waals surface area (Å²) in [4.78, 5) is 24.3. The number of aryl methyl sites for hydroxylation is 1. The predicted octanol–water partition coefficient (Wildman–Crippen LogP) is 3.62. The van der Waals surface area contributed by atoms with Crippen LogP contribution in [0.2, 0.25) is 0 Å². The molecule has 1 amide bonds. The molecule has 0 radical (unpaired) electrons. The molecule has 2 aromatic rings. The molecule has 6 heteroatoms. The summed E-state index contributed by atoms with van der Waals surface area (Å²) < 4.78 is 15.8. The summed E-state index contributed by atoms with van der Waals surface area (Å²) >= 11 is 0. The zero-order chi connectivity index (χ0) is 19.1. The fraction of sp³-hybridized carbons (Fsp3) is 0.300. The van der Waals surface area contributed by atoms with Crippen LogP contribution in [-0.4, -0.2) is 33.0 Å². The van der Waals surface area contributed by atoms with Crippen molar-refractivity contribution < 1.29 is 23.8 Å². The second-order valence-corrected chi connectivity index (χ2v) is 5.75. The van der Waals surface area contributed by atoms with Crippen LogP contribution in [0, 0.1) is 6.92 Å². The molecule has 0 bridgehead atoms. The first kappa shape index (κ1) is 19.3. The van der Waals surface area contributed by atoms with Crippen molar-refractivity contribution in [2.75, 3.05) is 26.6 Å². The fourth-order valence-electron chi connectivity index (χ4n) is 2.49. The molecule has 0 aliphatic rings. The highest BCUT2D eigenvalue weighted by molar-refractivity contribution is 6.00. The molecule has 0 aliphatic carbocycles. The van der Waals surface area contributed by atoms with E-state index in [0.29, 0.717) is 28.5 Å². The van der Waals surface area contributed by atoms with Crippen LogP contribution in [-0.2, 0) is 4.79 Å². The molecule has 0 unspecified atom stereocenters. The predicted molar refractivity (Wildman–Crippen MR) is 99.5 cm³/mol. The van der Waals surface area contributed by atoms with Gasteiger partial charge in [0.15, 0.2) is 17.3 Å². The number of methoxy groups -OCH3 is 3. The van der Waals surface area contributed by atoms with Crippen molar-refractivity contribution in [1.29, 1.82) is 0 Å². The normalized spacial score (nSPS) is 10.2. The van der Waals surface area contributed by atoms with E-state index in [0.717, 1.165) is 5.56 Å². The second kappa shape index (κ2) is 8.89. The zero-order valence-corrected chi connectivity index (χ0v) is 15.4. The van der Waals surface area contributed by atoms with E-state index in [4.69, 9.17) is 14.2 Å². The molecule has 2 aromatic carbocycles. The first-order chi connectivity index (χ1) is 12.5. The largest absolute Gasteiger partial charge is 0.493 e. The molecule has 2 rings (SSSR count). The Bertz CT molecular complexity index is 758. The molecular weight excluding hydrogens is 334 g/mol. The lowest BCUT2D eigenvalue weighted by Gasteiger charge is -2.14. The third-order valence-corrected chi connectivity index (χ3v) is 3.90. The Kier molecular flexibility index (Phi) is 6.60. The van der Waals surface area contributed by atoms with Crippen molar-refractivity contribution in [2.45, 2.75) is 19.8 Å². The highest BCUT2D eigenvalue weighted by atomic mass is 16.5. The van der Waals surface area contributed by atoms with E-state index in [2.05, 4.69) is 5.32 Å². The average molecular weight is 357 g/mol. The molecule has 0 aromatic heterocycles. The monoisotopic (exact) mass is 357 g/mol. The number of hydrogen-bond donors (Lipinski definition) is 1. The molecule has 1 N–H and O–H groups in total. The van der Waals surface area contributed by atoms with Gasteiger partial charge in [-0.25, -0.2) is 0 Å². The van der Waals surface area contributed by atoms with Gasteiger partial charge in [0.25, 0.3) is 0 Å². The minimum absolute atomic E-state index is 0.0648. The van der Waals surface area contributed by atoms with Gasteiger partial charge in [-0.15, -0.1) is 0 Å². The number of benzene rings is 2. The van der Waals surface area contributed by atoms with Gasteiger partial charge in [0.2, 0.25) is 11.7 Å². The number of Topliss-reactive ketones (excluding diaryl/α,β-unsaturated/α-hetero) is 1. The molecule has 0 heterocycles. The molecular formula is C20H23NO5. The minimum Gasteiger partial charge on any atom is -0.493 e. The van der Waals surface area contributed by atoms with Gasteiger partial charge in [-0.1, -0.05) is 29.8 Å². The second-order valence-electron chi connectivity index (χ2n) is 5.75. The number of nitrogens with one attached hydrogen (secondary N) is 1. The minimum atomic E-state index is -0.264. The summed E-state index contributed by atoms with van der Waals surface area (Å²) in [5.74, 6) is 1.00. The van der Waals surface area contributed by atoms with Crippen LogP contribution in [0.25, 0.3) is 0 Å². The van der Waals surface area contributed by atoms with E-state index in [1.807, 2.05) is 19.1 Å². The molecule has 0 saturated carbocycles. The van der Waals surface area contributed by atoms with E-state index < -0.39 is 0 Å². The number of carbonyl (C=O) groups excluding carboxylic acids is 2. The van der Waals surface area contributed by atoms with Gasteiger partial charge in [-0.05, 0) is 6.92 Å². The smallest absolute Gasteiger partial charge is 0.224 e. The highest BCUT2D eigenvalue weighted by Crippen LogP contribution is 2.39. The molecule has 0 spiro atoms. The summed E-state index contributed by atoms with van der Waals surface area (Å²) in [6, 6.07) is 10.6. The van der Waals surface area contributed by atoms with Crippen molar-refractivity contribution in [3.8, 4) is 17.2 Å². The quantitative estimate of drug-likeness (QED) is 0.731. The van der Waals surface area contributed by atoms with Crippen molar-refractivity contribution in [1.82, 2.24) is 0 Å². The molecule has 0 saturated heterocycles. The zero-order valence-electron chi connectivity index (χ0n) is 15.4. The first-order valence-corrected chi connectivity index (χ1v) is 8.18. The van der Waals surface area contributed by atoms with Gasteiger partial charge in [-0.3, -0.25) is 9.59 Å². The topological polar surface area (TPSA) is 73.9 Å². The van der Waals surface area contributed by atoms with Crippen molar-refractivity contribution in [3.05, 3.63) is 47.5 Å². The van der Waals surface area contributed by atoms with E-state index in [-0.39, 0.29) is 24.5 Å². The lowest BCUT2D eigenvalue weighted by atomic mass is 10.0. The van der Waals surface area contributed by atoms with Crippen molar-refractivity contribution >= 4 is 17.4 Å². The highest BCUT2D eigenvalue weighted by Gasteiger charge is 2.15. The summed E-state index contributed by atoms with van der Waals surface area (Å²) in [5.41, 5.74) is 2.20. The van der Waals surface area contributed by atoms with Gasteiger partial charge < -0.3 is 19.5 Å². The van der Waals surface area contributed by atoms with E-state index in [1.54, 1.807) is 24.3 Å². The third kappa shape index (κ3) is 4.75. The van der Waals surface area contributed by atoms with Crippen LogP contribution in [0.5, 0.6) is 17.2 Å². The van der Waals surface area contributed by atoms with Gasteiger partial charge >= 0.3 is 0 Å². The molecule has 6 nitrogen and oxygen atoms in total. The van der Waals surface area contributed by atoms with E-state index >= 15 is 0 Å². The Morgan fingerprint density at radius 1 is 0.885 bits per heavy atom. The van der Waals surface area contributed by atoms with Crippen molar-refractivity contribution in [2.24, 2.45) is 0 Å². The number of ether oxygens (including phenoxy) is 3. The van der Waals surface area contributed by atoms with Gasteiger partial charge in [0.1, 0.15) is 0 Å². The first-order valence-electron chi connectivity index (χ1n) is 8.18. The SMILES string of the molecule is COc1cc(NC(=O)CCC(=O)c2ccc(C)cc2)cc(OC)c1OC. The summed E-state index contributed by atoms with van der Waals surface area (Å²) in [6.07, 6.45) is 0.225. The Balaban J connectivity index is 2.01. The number of rotatable bonds is 8. The van der Waals surface area contributed by atoms with E-state index in [9.17, 15) is 9.59 Å². The number of hydrogen-bond acceptors (Lipinski definition) is 5. The fourth-order valence-corrected chi connectivity index (χ4v) is 2.49. The maximum absolute atomic E-state index is 12.2. The van der Waals surface area contributed by atoms with Gasteiger partial charge in [-0.2, -0.15) is 0 Å². The number of carbonyl (C=O) groups is 2. The van der Waals surface area contributed by atoms with Crippen LogP contribution >= 0.6 is 0 Å². The molecule has 26 heavy (non-hydrogen) atoms. The van der Waals surface area contributed by atoms with Gasteiger partial charge in [0.05, 0.1) is 21.3 Å². The Morgan fingerprint density at radius 3 is 1.96 bits per heavy atom. The summed E-state index contributed by atoms with van der Waals surface area (Å²) in [5, 5.41) is 2.75. The lowest BCUT2D eigenvalue weighted by Crippen LogP contribution is -2.14. The number of amides is 1. The van der Waals surface area contributed by atoms with Crippen LogP contribution < -0.4 is 19.5 Å². The molecule has 0 fully saturated rings. The van der Waals surface area contributed by atoms with Crippen molar-refractivity contribution in [3.63, 3.8) is 0 Å². The number of ketones is 1. The summed E-state index contributed by atoms with van der Waals surface area (Å²) in [6.45, 7) is 1.96. The molecule has 138 valence electrons. The standard InChI is InChI=1S/C20H23NO5/c1-13-5-7-14(8-6-13)16(22)9-10-19(23)21-15-11-17(24-2)20(26-4)18(12-15)25-3/h5-8,11-12H,9-10H2,1-4H3,(H,21,23). The maximum Gasteiger partial charge on any atom is 0.224 e. The lowest BCUT2D eigenvalue weighted by molar-refractivity contribution is -0.116. The van der Waals surface area contributed by atoms with Crippen LogP contribution in [0.15, 0.2) is 36.4 Å². The maximum atomic E-state index is 12.2. The van der Waals surface area contributed by atoms with Gasteiger partial charge in [0, 0.05) is 36.2 Å². The molecule has 0 aliphatic heterocycles.